The van der Waals surface area contributed by atoms with Gasteiger partial charge in [0.2, 0.25) is 0 Å². The van der Waals surface area contributed by atoms with Crippen LogP contribution < -0.4 is 10.5 Å². The van der Waals surface area contributed by atoms with Gasteiger partial charge in [0, 0.05) is 19.0 Å². The number of aryl methyl sites for hydroxylation is 1. The fourth-order valence-electron chi connectivity index (χ4n) is 1.46. The van der Waals surface area contributed by atoms with E-state index < -0.39 is 0 Å². The number of nitrogens with two attached hydrogens (primary N) is 1. The molecule has 0 saturated carbocycles. The van der Waals surface area contributed by atoms with Crippen molar-refractivity contribution >= 4 is 11.1 Å². The molecule has 16 heavy (non-hydrogen) atoms. The van der Waals surface area contributed by atoms with E-state index >= 15 is 0 Å². The zero-order chi connectivity index (χ0) is 11.5. The van der Waals surface area contributed by atoms with Gasteiger partial charge in [0.1, 0.15) is 17.4 Å². The summed E-state index contributed by atoms with van der Waals surface area (Å²) in [6, 6.07) is 5.63. The molecule has 0 spiro atoms. The van der Waals surface area contributed by atoms with Gasteiger partial charge in [-0.15, -0.1) is 0 Å². The van der Waals surface area contributed by atoms with Crippen molar-refractivity contribution in [2.45, 2.75) is 26.4 Å². The summed E-state index contributed by atoms with van der Waals surface area (Å²) in [5.74, 6) is 1.53. The maximum Gasteiger partial charge on any atom is 0.195 e. The Bertz CT molecular complexity index is 479. The minimum Gasteiger partial charge on any atom is -0.489 e. The highest BCUT2D eigenvalue weighted by atomic mass is 16.5. The van der Waals surface area contributed by atoms with Crippen molar-refractivity contribution in [3.8, 4) is 5.75 Å². The van der Waals surface area contributed by atoms with Crippen LogP contribution >= 0.6 is 0 Å². The van der Waals surface area contributed by atoms with Crippen LogP contribution in [0.4, 0.5) is 0 Å². The van der Waals surface area contributed by atoms with Crippen molar-refractivity contribution in [3.05, 3.63) is 24.1 Å². The van der Waals surface area contributed by atoms with E-state index in [4.69, 9.17) is 14.9 Å². The second-order valence-corrected chi connectivity index (χ2v) is 3.75. The molecule has 1 aromatic heterocycles. The van der Waals surface area contributed by atoms with E-state index in [-0.39, 0.29) is 6.10 Å². The second-order valence-electron chi connectivity index (χ2n) is 3.75. The molecule has 1 heterocycles. The first-order chi connectivity index (χ1) is 7.72. The molecule has 0 radical (unpaired) electrons. The van der Waals surface area contributed by atoms with E-state index in [1.807, 2.05) is 32.0 Å². The normalized spacial score (nSPS) is 12.9. The largest absolute Gasteiger partial charge is 0.489 e. The molecule has 2 aromatic rings. The second kappa shape index (κ2) is 4.53. The van der Waals surface area contributed by atoms with Crippen molar-refractivity contribution in [3.63, 3.8) is 0 Å². The number of benzene rings is 1. The number of hydrogen-bond donors (Lipinski definition) is 1. The molecule has 4 heteroatoms. The highest BCUT2D eigenvalue weighted by Gasteiger charge is 2.07. The van der Waals surface area contributed by atoms with E-state index in [9.17, 15) is 0 Å². The number of rotatable bonds is 4. The molecule has 0 aliphatic rings. The molecule has 1 unspecified atom stereocenters. The Labute approximate surface area is 94.4 Å². The molecule has 0 bridgehead atoms. The SMILES string of the molecule is CCc1nc2cc(OC(C)CN)ccc2o1. The number of ether oxygens (including phenoxy) is 1. The monoisotopic (exact) mass is 220 g/mol. The van der Waals surface area contributed by atoms with Gasteiger partial charge in [-0.1, -0.05) is 6.92 Å². The van der Waals surface area contributed by atoms with Gasteiger partial charge in [0.25, 0.3) is 0 Å². The average molecular weight is 220 g/mol. The zero-order valence-corrected chi connectivity index (χ0v) is 9.56. The van der Waals surface area contributed by atoms with Gasteiger partial charge in [-0.05, 0) is 19.1 Å². The fraction of sp³-hybridized carbons (Fsp3) is 0.417. The van der Waals surface area contributed by atoms with Crippen molar-refractivity contribution < 1.29 is 9.15 Å². The molecular formula is C12H16N2O2. The molecule has 4 nitrogen and oxygen atoms in total. The van der Waals surface area contributed by atoms with E-state index in [1.54, 1.807) is 0 Å². The van der Waals surface area contributed by atoms with Crippen LogP contribution in [-0.4, -0.2) is 17.6 Å². The van der Waals surface area contributed by atoms with Gasteiger partial charge < -0.3 is 14.9 Å². The lowest BCUT2D eigenvalue weighted by Crippen LogP contribution is -2.22. The van der Waals surface area contributed by atoms with E-state index in [1.165, 1.54) is 0 Å². The summed E-state index contributed by atoms with van der Waals surface area (Å²) < 4.78 is 11.1. The molecule has 0 saturated heterocycles. The van der Waals surface area contributed by atoms with Gasteiger partial charge in [0.05, 0.1) is 0 Å². The Morgan fingerprint density at radius 3 is 3.00 bits per heavy atom. The summed E-state index contributed by atoms with van der Waals surface area (Å²) in [6.07, 6.45) is 0.805. The smallest absolute Gasteiger partial charge is 0.195 e. The molecular weight excluding hydrogens is 204 g/mol. The Kier molecular flexibility index (Phi) is 3.10. The van der Waals surface area contributed by atoms with Crippen LogP contribution in [0.1, 0.15) is 19.7 Å². The van der Waals surface area contributed by atoms with E-state index in [0.717, 1.165) is 29.2 Å². The van der Waals surface area contributed by atoms with Crippen molar-refractivity contribution in [2.24, 2.45) is 5.73 Å². The van der Waals surface area contributed by atoms with Crippen LogP contribution in [-0.2, 0) is 6.42 Å². The molecule has 2 N–H and O–H groups in total. The molecule has 1 aromatic carbocycles. The molecule has 0 amide bonds. The fourth-order valence-corrected chi connectivity index (χ4v) is 1.46. The first kappa shape index (κ1) is 11.0. The lowest BCUT2D eigenvalue weighted by atomic mass is 10.3. The summed E-state index contributed by atoms with van der Waals surface area (Å²) in [4.78, 5) is 4.35. The molecule has 0 aliphatic heterocycles. The number of nitrogens with zero attached hydrogens (tertiary/aromatic N) is 1. The van der Waals surface area contributed by atoms with E-state index in [2.05, 4.69) is 4.98 Å². The quantitative estimate of drug-likeness (QED) is 0.857. The summed E-state index contributed by atoms with van der Waals surface area (Å²) in [5.41, 5.74) is 7.13. The standard InChI is InChI=1S/C12H16N2O2/c1-3-12-14-10-6-9(15-8(2)7-13)4-5-11(10)16-12/h4-6,8H,3,7,13H2,1-2H3. The van der Waals surface area contributed by atoms with Crippen LogP contribution in [0.15, 0.2) is 22.6 Å². The average Bonchev–Trinajstić information content (AvgIpc) is 2.71. The van der Waals surface area contributed by atoms with Gasteiger partial charge in [0.15, 0.2) is 11.5 Å². The molecule has 86 valence electrons. The van der Waals surface area contributed by atoms with Gasteiger partial charge >= 0.3 is 0 Å². The summed E-state index contributed by atoms with van der Waals surface area (Å²) in [7, 11) is 0. The maximum atomic E-state index is 5.61. The molecule has 2 rings (SSSR count). The van der Waals surface area contributed by atoms with E-state index in [0.29, 0.717) is 6.54 Å². The van der Waals surface area contributed by atoms with Crippen molar-refractivity contribution in [1.82, 2.24) is 4.98 Å². The highest BCUT2D eigenvalue weighted by Crippen LogP contribution is 2.22. The third kappa shape index (κ3) is 2.17. The maximum absolute atomic E-state index is 5.61. The minimum absolute atomic E-state index is 0.00926. The minimum atomic E-state index is 0.00926. The third-order valence-corrected chi connectivity index (χ3v) is 2.37. The Balaban J connectivity index is 2.28. The first-order valence-electron chi connectivity index (χ1n) is 5.49. The first-order valence-corrected chi connectivity index (χ1v) is 5.49. The number of hydrogen-bond acceptors (Lipinski definition) is 4. The Hall–Kier alpha value is -1.55. The summed E-state index contributed by atoms with van der Waals surface area (Å²) >= 11 is 0. The predicted octanol–water partition coefficient (Wildman–Crippen LogP) is 2.12. The molecule has 0 fully saturated rings. The van der Waals surface area contributed by atoms with Crippen LogP contribution in [0.5, 0.6) is 5.75 Å². The van der Waals surface area contributed by atoms with Gasteiger partial charge in [-0.3, -0.25) is 0 Å². The van der Waals surface area contributed by atoms with Crippen LogP contribution in [0.2, 0.25) is 0 Å². The predicted molar refractivity (Wildman–Crippen MR) is 62.5 cm³/mol. The van der Waals surface area contributed by atoms with Gasteiger partial charge in [-0.25, -0.2) is 4.98 Å². The van der Waals surface area contributed by atoms with Crippen LogP contribution in [0.3, 0.4) is 0 Å². The summed E-state index contributed by atoms with van der Waals surface area (Å²) in [5, 5.41) is 0. The third-order valence-electron chi connectivity index (χ3n) is 2.37. The summed E-state index contributed by atoms with van der Waals surface area (Å²) in [6.45, 7) is 4.44. The number of aromatic nitrogens is 1. The zero-order valence-electron chi connectivity index (χ0n) is 9.56. The van der Waals surface area contributed by atoms with Crippen LogP contribution in [0.25, 0.3) is 11.1 Å². The number of oxazole rings is 1. The van der Waals surface area contributed by atoms with Crippen molar-refractivity contribution in [1.29, 1.82) is 0 Å². The number of fused-ring (bicyclic) bond motifs is 1. The topological polar surface area (TPSA) is 61.3 Å². The van der Waals surface area contributed by atoms with Crippen molar-refractivity contribution in [2.75, 3.05) is 6.54 Å². The molecule has 0 aliphatic carbocycles. The Morgan fingerprint density at radius 2 is 2.31 bits per heavy atom. The lowest BCUT2D eigenvalue weighted by molar-refractivity contribution is 0.230. The van der Waals surface area contributed by atoms with Crippen LogP contribution in [0, 0.1) is 0 Å². The highest BCUT2D eigenvalue weighted by molar-refractivity contribution is 5.74. The van der Waals surface area contributed by atoms with Gasteiger partial charge in [-0.2, -0.15) is 0 Å². The Morgan fingerprint density at radius 1 is 1.50 bits per heavy atom. The molecule has 1 atom stereocenters. The lowest BCUT2D eigenvalue weighted by Gasteiger charge is -2.11.